The van der Waals surface area contributed by atoms with Crippen molar-refractivity contribution in [3.05, 3.63) is 76.4 Å². The highest BCUT2D eigenvalue weighted by Gasteiger charge is 2.26. The number of amides is 1. The maximum absolute atomic E-state index is 13.1. The Morgan fingerprint density at radius 3 is 2.44 bits per heavy atom. The van der Waals surface area contributed by atoms with Crippen molar-refractivity contribution in [3.63, 3.8) is 0 Å². The van der Waals surface area contributed by atoms with Gasteiger partial charge >= 0.3 is 11.7 Å². The summed E-state index contributed by atoms with van der Waals surface area (Å²) in [4.78, 5) is 41.1. The summed E-state index contributed by atoms with van der Waals surface area (Å²) >= 11 is 0. The molecule has 0 saturated heterocycles. The van der Waals surface area contributed by atoms with Crippen LogP contribution in [-0.4, -0.2) is 38.4 Å². The van der Waals surface area contributed by atoms with Crippen LogP contribution in [0.2, 0.25) is 0 Å². The van der Waals surface area contributed by atoms with Gasteiger partial charge in [0, 0.05) is 25.2 Å². The van der Waals surface area contributed by atoms with Crippen LogP contribution in [-0.2, 0) is 23.1 Å². The van der Waals surface area contributed by atoms with E-state index in [9.17, 15) is 14.4 Å². The molecule has 0 fully saturated rings. The van der Waals surface area contributed by atoms with E-state index >= 15 is 0 Å². The molecule has 0 saturated carbocycles. The van der Waals surface area contributed by atoms with Crippen molar-refractivity contribution < 1.29 is 18.8 Å². The minimum Gasteiger partial charge on any atom is -0.462 e. The van der Waals surface area contributed by atoms with Gasteiger partial charge in [0.2, 0.25) is 5.91 Å². The van der Waals surface area contributed by atoms with Gasteiger partial charge in [0.05, 0.1) is 13.2 Å². The largest absolute Gasteiger partial charge is 0.462 e. The van der Waals surface area contributed by atoms with Crippen molar-refractivity contribution in [2.45, 2.75) is 33.2 Å². The number of carbonyl (C=O) groups is 2. The molecule has 186 valence electrons. The predicted molar refractivity (Wildman–Crippen MR) is 133 cm³/mol. The lowest BCUT2D eigenvalue weighted by Crippen LogP contribution is -2.32. The van der Waals surface area contributed by atoms with Gasteiger partial charge in [-0.3, -0.25) is 23.9 Å². The Bertz CT molecular complexity index is 1420. The van der Waals surface area contributed by atoms with Crippen LogP contribution in [0.25, 0.3) is 22.5 Å². The topological polar surface area (TPSA) is 123 Å². The molecule has 0 unspecified atom stereocenters. The molecule has 2 aromatic carbocycles. The lowest BCUT2D eigenvalue weighted by atomic mass is 9.98. The lowest BCUT2D eigenvalue weighted by Gasteiger charge is -2.22. The zero-order chi connectivity index (χ0) is 25.7. The number of aromatic nitrogens is 4. The predicted octanol–water partition coefficient (Wildman–Crippen LogP) is 3.94. The second kappa shape index (κ2) is 10.9. The fourth-order valence-corrected chi connectivity index (χ4v) is 3.92. The number of nitrogens with one attached hydrogen (secondary N) is 1. The molecule has 10 heteroatoms. The van der Waals surface area contributed by atoms with Gasteiger partial charge in [-0.25, -0.2) is 9.59 Å². The molecule has 4 rings (SSSR count). The van der Waals surface area contributed by atoms with E-state index in [2.05, 4.69) is 19.8 Å². The molecule has 36 heavy (non-hydrogen) atoms. The number of aryl methyl sites for hydroxylation is 1. The quantitative estimate of drug-likeness (QED) is 0.353. The smallest absolute Gasteiger partial charge is 0.439 e. The van der Waals surface area contributed by atoms with Crippen LogP contribution in [0.3, 0.4) is 0 Å². The number of benzene rings is 2. The Labute approximate surface area is 207 Å². The third-order valence-electron chi connectivity index (χ3n) is 5.55. The maximum Gasteiger partial charge on any atom is 0.439 e. The SMILES string of the molecule is CCCC(=O)N(Cc1ccc(-c2ccccc2-c2noc(=O)[nH]2)cc1)c1nn(C)cc1C(=O)OCC. The van der Waals surface area contributed by atoms with Crippen LogP contribution in [0.1, 0.15) is 42.6 Å². The zero-order valence-electron chi connectivity index (χ0n) is 20.4. The Kier molecular flexibility index (Phi) is 7.43. The average molecular weight is 490 g/mol. The summed E-state index contributed by atoms with van der Waals surface area (Å²) in [5.74, 6) is -0.654. The first kappa shape index (κ1) is 24.6. The van der Waals surface area contributed by atoms with E-state index < -0.39 is 11.7 Å². The molecular weight excluding hydrogens is 462 g/mol. The standard InChI is InChI=1S/C26H27N5O5/c1-4-8-22(32)31(24-21(16-30(3)28-24)25(33)35-5-2)15-17-11-13-18(14-12-17)19-9-6-7-10-20(19)23-27-26(34)36-29-23/h6-7,9-14,16H,4-5,8,15H2,1-3H3,(H,27,29,34). The third-order valence-corrected chi connectivity index (χ3v) is 5.55. The molecule has 0 spiro atoms. The van der Waals surface area contributed by atoms with Crippen LogP contribution >= 0.6 is 0 Å². The Balaban J connectivity index is 1.65. The van der Waals surface area contributed by atoms with Crippen LogP contribution in [0.15, 0.2) is 64.0 Å². The summed E-state index contributed by atoms with van der Waals surface area (Å²) in [6, 6.07) is 15.2. The summed E-state index contributed by atoms with van der Waals surface area (Å²) in [6.07, 6.45) is 2.55. The fraction of sp³-hybridized carbons (Fsp3) is 0.269. The molecule has 0 aliphatic rings. The maximum atomic E-state index is 13.1. The minimum absolute atomic E-state index is 0.133. The normalized spacial score (nSPS) is 10.9. The number of carbonyl (C=O) groups excluding carboxylic acids is 2. The van der Waals surface area contributed by atoms with Gasteiger partial charge in [0.1, 0.15) is 5.56 Å². The minimum atomic E-state index is -0.622. The molecule has 1 N–H and O–H groups in total. The van der Waals surface area contributed by atoms with Gasteiger partial charge in [-0.1, -0.05) is 60.6 Å². The molecule has 10 nitrogen and oxygen atoms in total. The number of ether oxygens (including phenoxy) is 1. The Morgan fingerprint density at radius 1 is 1.08 bits per heavy atom. The monoisotopic (exact) mass is 489 g/mol. The van der Waals surface area contributed by atoms with Crippen molar-refractivity contribution >= 4 is 17.7 Å². The van der Waals surface area contributed by atoms with Crippen LogP contribution in [0.4, 0.5) is 5.82 Å². The van der Waals surface area contributed by atoms with Gasteiger partial charge in [-0.2, -0.15) is 5.10 Å². The van der Waals surface area contributed by atoms with E-state index in [1.807, 2.05) is 55.5 Å². The number of nitrogens with zero attached hydrogens (tertiary/aromatic N) is 4. The van der Waals surface area contributed by atoms with Crippen molar-refractivity contribution in [2.24, 2.45) is 7.05 Å². The van der Waals surface area contributed by atoms with Crippen LogP contribution in [0.5, 0.6) is 0 Å². The van der Waals surface area contributed by atoms with Gasteiger partial charge < -0.3 is 4.74 Å². The summed E-state index contributed by atoms with van der Waals surface area (Å²) < 4.78 is 11.3. The molecule has 0 radical (unpaired) electrons. The number of rotatable bonds is 9. The second-order valence-electron chi connectivity index (χ2n) is 8.18. The third kappa shape index (κ3) is 5.27. The fourth-order valence-electron chi connectivity index (χ4n) is 3.92. The van der Waals surface area contributed by atoms with Gasteiger partial charge in [0.25, 0.3) is 0 Å². The summed E-state index contributed by atoms with van der Waals surface area (Å²) in [7, 11) is 1.70. The highest BCUT2D eigenvalue weighted by Crippen LogP contribution is 2.30. The van der Waals surface area contributed by atoms with E-state index in [1.54, 1.807) is 20.2 Å². The van der Waals surface area contributed by atoms with E-state index in [0.29, 0.717) is 18.7 Å². The van der Waals surface area contributed by atoms with Crippen molar-refractivity contribution in [1.29, 1.82) is 0 Å². The number of hydrogen-bond acceptors (Lipinski definition) is 7. The highest BCUT2D eigenvalue weighted by molar-refractivity contribution is 6.01. The highest BCUT2D eigenvalue weighted by atomic mass is 16.5. The molecule has 0 aliphatic carbocycles. The zero-order valence-corrected chi connectivity index (χ0v) is 20.4. The van der Waals surface area contributed by atoms with Crippen molar-refractivity contribution in [3.8, 4) is 22.5 Å². The van der Waals surface area contributed by atoms with E-state index in [0.717, 1.165) is 22.3 Å². The Hall–Kier alpha value is -4.47. The molecule has 0 bridgehead atoms. The van der Waals surface area contributed by atoms with Gasteiger partial charge in [-0.15, -0.1) is 0 Å². The van der Waals surface area contributed by atoms with Gasteiger partial charge in [0.15, 0.2) is 11.6 Å². The van der Waals surface area contributed by atoms with E-state index in [1.165, 1.54) is 9.58 Å². The summed E-state index contributed by atoms with van der Waals surface area (Å²) in [5.41, 5.74) is 3.59. The molecule has 0 aliphatic heterocycles. The molecule has 0 atom stereocenters. The average Bonchev–Trinajstić information content (AvgIpc) is 3.48. The van der Waals surface area contributed by atoms with E-state index in [-0.39, 0.29) is 30.4 Å². The number of H-pyrrole nitrogens is 1. The van der Waals surface area contributed by atoms with Crippen molar-refractivity contribution in [1.82, 2.24) is 19.9 Å². The molecule has 2 heterocycles. The van der Waals surface area contributed by atoms with E-state index in [4.69, 9.17) is 4.74 Å². The number of hydrogen-bond donors (Lipinski definition) is 1. The molecule has 1 amide bonds. The lowest BCUT2D eigenvalue weighted by molar-refractivity contribution is -0.118. The first-order chi connectivity index (χ1) is 17.4. The molecule has 4 aromatic rings. The molecular formula is C26H27N5O5. The number of anilines is 1. The van der Waals surface area contributed by atoms with Crippen LogP contribution < -0.4 is 10.7 Å². The second-order valence-corrected chi connectivity index (χ2v) is 8.18. The number of aromatic amines is 1. The first-order valence-corrected chi connectivity index (χ1v) is 11.7. The first-order valence-electron chi connectivity index (χ1n) is 11.7. The summed E-state index contributed by atoms with van der Waals surface area (Å²) in [6.45, 7) is 4.12. The van der Waals surface area contributed by atoms with Gasteiger partial charge in [-0.05, 0) is 30.0 Å². The number of esters is 1. The van der Waals surface area contributed by atoms with Crippen LogP contribution in [0, 0.1) is 0 Å². The van der Waals surface area contributed by atoms with Crippen molar-refractivity contribution in [2.75, 3.05) is 11.5 Å². The summed E-state index contributed by atoms with van der Waals surface area (Å²) in [5, 5.41) is 8.21. The molecule has 2 aromatic heterocycles. The Morgan fingerprint density at radius 2 is 1.81 bits per heavy atom.